The molecule has 1 spiro atoms. The lowest BCUT2D eigenvalue weighted by Crippen LogP contribution is -2.51. The summed E-state index contributed by atoms with van der Waals surface area (Å²) in [5.74, 6) is 0.0972. The van der Waals surface area contributed by atoms with Gasteiger partial charge in [0.2, 0.25) is 0 Å². The molecule has 2 rings (SSSR count). The molecule has 1 aliphatic carbocycles. The van der Waals surface area contributed by atoms with E-state index in [1.807, 2.05) is 19.1 Å². The quantitative estimate of drug-likeness (QED) is 0.361. The number of rotatable bonds is 5. The van der Waals surface area contributed by atoms with Crippen LogP contribution in [0, 0.1) is 11.3 Å². The SMILES string of the molecule is CN(C)/N=C1\CCC2(CC1CCC/C=C\I)OCC(C)(C)CO2. The zero-order valence-corrected chi connectivity index (χ0v) is 17.1. The van der Waals surface area contributed by atoms with Crippen molar-refractivity contribution < 1.29 is 9.47 Å². The summed E-state index contributed by atoms with van der Waals surface area (Å²) >= 11 is 2.28. The summed E-state index contributed by atoms with van der Waals surface area (Å²) in [7, 11) is 4.01. The average Bonchev–Trinajstić information content (AvgIpc) is 2.49. The lowest BCUT2D eigenvalue weighted by atomic mass is 9.79. The summed E-state index contributed by atoms with van der Waals surface area (Å²) < 4.78 is 14.6. The number of ether oxygens (including phenoxy) is 2. The van der Waals surface area contributed by atoms with Crippen molar-refractivity contribution in [2.24, 2.45) is 16.4 Å². The Balaban J connectivity index is 2.02. The molecule has 1 atom stereocenters. The molecule has 5 heteroatoms. The molecule has 1 saturated carbocycles. The second-order valence-corrected chi connectivity index (χ2v) is 8.50. The van der Waals surface area contributed by atoms with Gasteiger partial charge in [-0.25, -0.2) is 0 Å². The first kappa shape index (κ1) is 19.2. The van der Waals surface area contributed by atoms with E-state index in [1.165, 1.54) is 12.1 Å². The van der Waals surface area contributed by atoms with E-state index in [4.69, 9.17) is 14.6 Å². The predicted molar refractivity (Wildman–Crippen MR) is 104 cm³/mol. The topological polar surface area (TPSA) is 34.1 Å². The Morgan fingerprint density at radius 3 is 2.61 bits per heavy atom. The third-order valence-corrected chi connectivity index (χ3v) is 5.09. The van der Waals surface area contributed by atoms with Crippen LogP contribution in [-0.4, -0.2) is 43.8 Å². The Morgan fingerprint density at radius 1 is 1.30 bits per heavy atom. The van der Waals surface area contributed by atoms with E-state index in [2.05, 4.69) is 46.6 Å². The Bertz CT molecular complexity index is 436. The van der Waals surface area contributed by atoms with Gasteiger partial charge < -0.3 is 14.5 Å². The molecular weight excluding hydrogens is 403 g/mol. The van der Waals surface area contributed by atoms with Crippen LogP contribution in [0.15, 0.2) is 15.3 Å². The highest BCUT2D eigenvalue weighted by atomic mass is 127. The maximum Gasteiger partial charge on any atom is 0.169 e. The van der Waals surface area contributed by atoms with E-state index >= 15 is 0 Å². The molecule has 1 saturated heterocycles. The zero-order chi connectivity index (χ0) is 16.9. The summed E-state index contributed by atoms with van der Waals surface area (Å²) in [5.41, 5.74) is 1.44. The smallest absolute Gasteiger partial charge is 0.169 e. The van der Waals surface area contributed by atoms with E-state index in [1.54, 1.807) is 0 Å². The number of nitrogens with zero attached hydrogens (tertiary/aromatic N) is 2. The van der Waals surface area contributed by atoms with Crippen molar-refractivity contribution in [3.05, 3.63) is 10.2 Å². The fourth-order valence-electron chi connectivity index (χ4n) is 3.32. The van der Waals surface area contributed by atoms with Crippen LogP contribution >= 0.6 is 22.6 Å². The highest BCUT2D eigenvalue weighted by Gasteiger charge is 2.45. The van der Waals surface area contributed by atoms with Gasteiger partial charge in [0.1, 0.15) is 0 Å². The first-order chi connectivity index (χ1) is 10.9. The van der Waals surface area contributed by atoms with Gasteiger partial charge in [-0.1, -0.05) is 42.5 Å². The lowest BCUT2D eigenvalue weighted by Gasteiger charge is -2.47. The first-order valence-electron chi connectivity index (χ1n) is 8.64. The van der Waals surface area contributed by atoms with Crippen LogP contribution in [-0.2, 0) is 9.47 Å². The van der Waals surface area contributed by atoms with Crippen LogP contribution in [0.4, 0.5) is 0 Å². The molecule has 1 heterocycles. The minimum absolute atomic E-state index is 0.129. The third-order valence-electron chi connectivity index (χ3n) is 4.58. The number of hydrogen-bond donors (Lipinski definition) is 0. The molecular formula is C18H31IN2O2. The minimum Gasteiger partial charge on any atom is -0.349 e. The predicted octanol–water partition coefficient (Wildman–Crippen LogP) is 4.59. The number of hydrazone groups is 1. The monoisotopic (exact) mass is 434 g/mol. The third kappa shape index (κ3) is 5.71. The molecule has 0 amide bonds. The Labute approximate surface area is 154 Å². The molecule has 1 aliphatic heterocycles. The molecule has 0 bridgehead atoms. The maximum absolute atomic E-state index is 6.23. The highest BCUT2D eigenvalue weighted by Crippen LogP contribution is 2.42. The fraction of sp³-hybridized carbons (Fsp3) is 0.833. The van der Waals surface area contributed by atoms with E-state index in [9.17, 15) is 0 Å². The molecule has 132 valence electrons. The van der Waals surface area contributed by atoms with Crippen molar-refractivity contribution >= 4 is 28.3 Å². The average molecular weight is 434 g/mol. The van der Waals surface area contributed by atoms with Gasteiger partial charge in [-0.15, -0.1) is 0 Å². The Hall–Kier alpha value is -0.140. The van der Waals surface area contributed by atoms with Crippen LogP contribution in [0.5, 0.6) is 0 Å². The molecule has 2 fully saturated rings. The second-order valence-electron chi connectivity index (χ2n) is 7.78. The largest absolute Gasteiger partial charge is 0.349 e. The molecule has 0 aromatic rings. The zero-order valence-electron chi connectivity index (χ0n) is 15.0. The van der Waals surface area contributed by atoms with E-state index in [0.29, 0.717) is 5.92 Å². The van der Waals surface area contributed by atoms with Gasteiger partial charge in [-0.2, -0.15) is 5.10 Å². The van der Waals surface area contributed by atoms with Crippen LogP contribution in [0.3, 0.4) is 0 Å². The van der Waals surface area contributed by atoms with Crippen LogP contribution in [0.2, 0.25) is 0 Å². The summed E-state index contributed by atoms with van der Waals surface area (Å²) in [4.78, 5) is 0. The molecule has 0 radical (unpaired) electrons. The van der Waals surface area contributed by atoms with Crippen molar-refractivity contribution in [2.75, 3.05) is 27.3 Å². The van der Waals surface area contributed by atoms with Crippen molar-refractivity contribution in [2.45, 2.75) is 58.2 Å². The summed E-state index contributed by atoms with van der Waals surface area (Å²) in [6.45, 7) is 5.99. The van der Waals surface area contributed by atoms with Gasteiger partial charge in [0.05, 0.1) is 13.2 Å². The minimum atomic E-state index is -0.370. The van der Waals surface area contributed by atoms with E-state index in [0.717, 1.165) is 45.3 Å². The molecule has 2 aliphatic rings. The number of hydrogen-bond acceptors (Lipinski definition) is 4. The van der Waals surface area contributed by atoms with E-state index < -0.39 is 0 Å². The van der Waals surface area contributed by atoms with Crippen molar-refractivity contribution in [1.82, 2.24) is 5.01 Å². The number of halogens is 1. The lowest BCUT2D eigenvalue weighted by molar-refractivity contribution is -0.309. The number of allylic oxidation sites excluding steroid dienone is 1. The van der Waals surface area contributed by atoms with Gasteiger partial charge in [0.15, 0.2) is 5.79 Å². The Morgan fingerprint density at radius 2 is 2.00 bits per heavy atom. The first-order valence-corrected chi connectivity index (χ1v) is 9.88. The van der Waals surface area contributed by atoms with Crippen LogP contribution in [0.25, 0.3) is 0 Å². The molecule has 0 N–H and O–H groups in total. The normalized spacial score (nSPS) is 28.6. The molecule has 4 nitrogen and oxygen atoms in total. The second kappa shape index (κ2) is 8.30. The molecule has 0 aromatic carbocycles. The standard InChI is InChI=1S/C18H31IN2O2/c1-17(2)13-22-18(23-14-17)10-9-16(20-21(3)4)15(12-18)8-6-5-7-11-19/h7,11,15H,5-6,8-10,12-14H2,1-4H3/b11-7-,20-16+. The van der Waals surface area contributed by atoms with Gasteiger partial charge in [0.25, 0.3) is 0 Å². The highest BCUT2D eigenvalue weighted by molar-refractivity contribution is 14.1. The molecule has 0 aromatic heterocycles. The summed E-state index contributed by atoms with van der Waals surface area (Å²) in [6.07, 6.45) is 8.58. The number of unbranched alkanes of at least 4 members (excludes halogenated alkanes) is 1. The molecule has 1 unspecified atom stereocenters. The van der Waals surface area contributed by atoms with E-state index in [-0.39, 0.29) is 11.2 Å². The summed E-state index contributed by atoms with van der Waals surface area (Å²) in [5, 5.41) is 6.67. The van der Waals surface area contributed by atoms with Gasteiger partial charge >= 0.3 is 0 Å². The fourth-order valence-corrected chi connectivity index (χ4v) is 3.68. The van der Waals surface area contributed by atoms with Gasteiger partial charge in [-0.05, 0) is 29.8 Å². The summed E-state index contributed by atoms with van der Waals surface area (Å²) in [6, 6.07) is 0. The van der Waals surface area contributed by atoms with Gasteiger partial charge in [-0.3, -0.25) is 0 Å². The molecule has 23 heavy (non-hydrogen) atoms. The van der Waals surface area contributed by atoms with Crippen molar-refractivity contribution in [3.8, 4) is 0 Å². The maximum atomic E-state index is 6.23. The van der Waals surface area contributed by atoms with Crippen molar-refractivity contribution in [3.63, 3.8) is 0 Å². The van der Waals surface area contributed by atoms with Crippen LogP contribution in [0.1, 0.15) is 52.4 Å². The van der Waals surface area contributed by atoms with Crippen LogP contribution < -0.4 is 0 Å². The van der Waals surface area contributed by atoms with Gasteiger partial charge in [0, 0.05) is 44.0 Å². The Kier molecular flexibility index (Phi) is 6.92. The van der Waals surface area contributed by atoms with Crippen molar-refractivity contribution in [1.29, 1.82) is 0 Å².